The van der Waals surface area contributed by atoms with Gasteiger partial charge in [-0.2, -0.15) is 0 Å². The first kappa shape index (κ1) is 55.7. The lowest BCUT2D eigenvalue weighted by atomic mass is 10.1. The van der Waals surface area contributed by atoms with Gasteiger partial charge in [0, 0.05) is 14.0 Å². The second-order valence-corrected chi connectivity index (χ2v) is 26.2. The third-order valence-electron chi connectivity index (χ3n) is 14.5. The first-order valence-corrected chi connectivity index (χ1v) is 27.2. The van der Waals surface area contributed by atoms with Gasteiger partial charge in [0.1, 0.15) is 34.4 Å². The minimum absolute atomic E-state index is 0.220. The number of benzene rings is 5. The number of hydrogen-bond acceptors (Lipinski definition) is 0. The van der Waals surface area contributed by atoms with Crippen LogP contribution >= 0.6 is 7.92 Å². The van der Waals surface area contributed by atoms with Crippen molar-refractivity contribution in [3.05, 3.63) is 192 Å². The maximum absolute atomic E-state index is 17.0. The molecule has 0 fully saturated rings. The number of halogens is 22. The van der Waals surface area contributed by atoms with Gasteiger partial charge in [0.05, 0.1) is 34.6 Å². The van der Waals surface area contributed by atoms with Crippen LogP contribution < -0.4 is 5.30 Å². The monoisotopic (exact) mass is 1120 g/mol. The van der Waals surface area contributed by atoms with E-state index in [0.29, 0.717) is 11.2 Å². The predicted molar refractivity (Wildman–Crippen MR) is 237 cm³/mol. The van der Waals surface area contributed by atoms with Crippen molar-refractivity contribution >= 4 is 49.6 Å². The van der Waals surface area contributed by atoms with Crippen molar-refractivity contribution in [2.75, 3.05) is 12.3 Å². The Labute approximate surface area is 414 Å². The SMILES string of the molecule is CCCC(C)C[PH+](CCC)c1cc(F)ccc1F.FC1=C(F)[CH]([Al-]([CH]2C(F)=C(F)c3c2cc(F)c(F)c3F)([CH]2C(F)=C(F)c3c2cc(F)c(F)c3F)[CH]2C(F)=C(F)c3c2cc(F)c(F)c3F)c2cc(F)c(F)c(F)c21. The van der Waals surface area contributed by atoms with E-state index in [0.717, 1.165) is 25.2 Å². The summed E-state index contributed by atoms with van der Waals surface area (Å²) >= 11 is -7.79. The molecule has 6 atom stereocenters. The van der Waals surface area contributed by atoms with E-state index in [9.17, 15) is 26.3 Å². The molecule has 9 rings (SSSR count). The van der Waals surface area contributed by atoms with Crippen molar-refractivity contribution in [1.82, 2.24) is 0 Å². The Balaban J connectivity index is 0.000000353. The summed E-state index contributed by atoms with van der Waals surface area (Å²) in [7, 11) is -0.961. The van der Waals surface area contributed by atoms with Gasteiger partial charge in [-0.05, 0) is 55.2 Å². The summed E-state index contributed by atoms with van der Waals surface area (Å²) < 4.78 is 325. The molecule has 0 aromatic heterocycles. The predicted octanol–water partition coefficient (Wildman–Crippen LogP) is 17.5. The van der Waals surface area contributed by atoms with Crippen molar-refractivity contribution in [2.24, 2.45) is 5.92 Å². The van der Waals surface area contributed by atoms with E-state index in [-0.39, 0.29) is 35.9 Å². The topological polar surface area (TPSA) is 0 Å². The molecule has 0 bridgehead atoms. The molecule has 0 radical (unpaired) electrons. The highest BCUT2D eigenvalue weighted by molar-refractivity contribution is 7.65. The third kappa shape index (κ3) is 8.43. The summed E-state index contributed by atoms with van der Waals surface area (Å²) in [6.45, 7) is 6.51. The Bertz CT molecular complexity index is 3010. The van der Waals surface area contributed by atoms with Crippen LogP contribution in [0.1, 0.15) is 104 Å². The van der Waals surface area contributed by atoms with Crippen LogP contribution in [0.4, 0.5) is 96.6 Å². The number of allylic oxidation sites excluding steroid dienone is 4. The van der Waals surface area contributed by atoms with Crippen molar-refractivity contribution in [3.8, 4) is 0 Å². The molecule has 5 aromatic rings. The molecule has 0 nitrogen and oxygen atoms in total. The van der Waals surface area contributed by atoms with Crippen LogP contribution in [0, 0.1) is 87.4 Å². The van der Waals surface area contributed by atoms with Gasteiger partial charge in [-0.15, -0.1) is 0 Å². The highest BCUT2D eigenvalue weighted by atomic mass is 31.1. The lowest BCUT2D eigenvalue weighted by Crippen LogP contribution is -2.58. The molecule has 0 saturated carbocycles. The fourth-order valence-electron chi connectivity index (χ4n) is 11.7. The van der Waals surface area contributed by atoms with Crippen molar-refractivity contribution in [1.29, 1.82) is 0 Å². The van der Waals surface area contributed by atoms with E-state index in [4.69, 9.17) is 0 Å². The van der Waals surface area contributed by atoms with Gasteiger partial charge < -0.3 is 0 Å². The molecule has 75 heavy (non-hydrogen) atoms. The molecule has 0 saturated heterocycles. The van der Waals surface area contributed by atoms with E-state index in [2.05, 4.69) is 20.8 Å². The van der Waals surface area contributed by atoms with Crippen LogP contribution in [0.25, 0.3) is 23.3 Å². The second kappa shape index (κ2) is 20.5. The maximum atomic E-state index is 17.0. The van der Waals surface area contributed by atoms with Crippen LogP contribution in [-0.2, 0) is 0 Å². The fraction of sp³-hybridized carbons (Fsp3) is 0.255. The van der Waals surface area contributed by atoms with Gasteiger partial charge in [-0.3, -0.25) is 0 Å². The zero-order valence-electron chi connectivity index (χ0n) is 38.4. The summed E-state index contributed by atoms with van der Waals surface area (Å²) in [5.74, 6) is -52.6. The molecule has 0 N–H and O–H groups in total. The Morgan fingerprint density at radius 1 is 0.400 bits per heavy atom. The largest absolute Gasteiger partial charge is 0.212 e. The summed E-state index contributed by atoms with van der Waals surface area (Å²) in [5.41, 5.74) is -15.2. The highest BCUT2D eigenvalue weighted by Crippen LogP contribution is 2.71. The maximum Gasteiger partial charge on any atom is 0.206 e. The molecule has 0 aliphatic heterocycles. The number of hydrogen-bond donors (Lipinski definition) is 0. The smallest absolute Gasteiger partial charge is 0.206 e. The summed E-state index contributed by atoms with van der Waals surface area (Å²) in [4.78, 5) is 0. The van der Waals surface area contributed by atoms with Crippen LogP contribution in [0.2, 0.25) is 0 Å². The van der Waals surface area contributed by atoms with E-state index in [1.54, 1.807) is 0 Å². The van der Waals surface area contributed by atoms with Crippen molar-refractivity contribution < 1.29 is 96.6 Å². The fourth-order valence-corrected chi connectivity index (χ4v) is 23.3. The normalized spacial score (nSPS) is 20.4. The number of fused-ring (bicyclic) bond motifs is 4. The molecule has 4 aliphatic rings. The standard InChI is InChI=1S/C15H23F2P.4C9H2F5.Al/c1-4-6-12(3)11-18(9-5-2)15-10-13(16)7-8-14(15)17;4*10-4-1-3-2-5(11)8(13)9(14)6(3)7(4)12;/h7-8,10,12H,4-6,9,11H2,1-3H3;4*1-2H;/q;;;;;-1/p+1. The minimum atomic E-state index is -7.79. The first-order chi connectivity index (χ1) is 35.2. The van der Waals surface area contributed by atoms with Crippen molar-refractivity contribution in [3.63, 3.8) is 0 Å². The van der Waals surface area contributed by atoms with Gasteiger partial charge in [0.15, 0.2) is 98.9 Å². The average molecular weight is 1120 g/mol. The van der Waals surface area contributed by atoms with E-state index < -0.39 is 201 Å². The minimum Gasteiger partial charge on any atom is -0.212 e. The molecule has 0 heterocycles. The molecule has 6 unspecified atom stereocenters. The molecular formula is C51H32AlF22P. The Kier molecular flexibility index (Phi) is 15.2. The molecule has 4 aliphatic carbocycles. The van der Waals surface area contributed by atoms with Crippen molar-refractivity contribution in [2.45, 2.75) is 59.2 Å². The van der Waals surface area contributed by atoms with Crippen LogP contribution in [0.3, 0.4) is 0 Å². The average Bonchev–Trinajstić information content (AvgIpc) is 3.97. The quantitative estimate of drug-likeness (QED) is 0.0535. The van der Waals surface area contributed by atoms with Gasteiger partial charge >= 0.3 is 0 Å². The second-order valence-electron chi connectivity index (χ2n) is 18.6. The van der Waals surface area contributed by atoms with Gasteiger partial charge in [-0.1, -0.05) is 68.6 Å². The van der Waals surface area contributed by atoms with E-state index in [1.165, 1.54) is 24.6 Å². The van der Waals surface area contributed by atoms with E-state index in [1.807, 2.05) is 0 Å². The zero-order chi connectivity index (χ0) is 55.3. The van der Waals surface area contributed by atoms with Gasteiger partial charge in [-0.25, -0.2) is 96.6 Å². The molecule has 0 spiro atoms. The van der Waals surface area contributed by atoms with E-state index >= 15 is 70.2 Å². The molecule has 5 aromatic carbocycles. The summed E-state index contributed by atoms with van der Waals surface area (Å²) in [5, 5.41) is 0.657. The lowest BCUT2D eigenvalue weighted by molar-refractivity contribution is 0.441. The molecule has 398 valence electrons. The molecule has 24 heteroatoms. The Hall–Kier alpha value is -5.52. The number of rotatable bonds is 11. The lowest BCUT2D eigenvalue weighted by Gasteiger charge is -2.54. The van der Waals surface area contributed by atoms with Gasteiger partial charge in [0.2, 0.25) is 13.1 Å². The van der Waals surface area contributed by atoms with Crippen LogP contribution in [0.15, 0.2) is 65.8 Å². The van der Waals surface area contributed by atoms with Crippen LogP contribution in [-0.4, -0.2) is 25.4 Å². The summed E-state index contributed by atoms with van der Waals surface area (Å²) in [6.07, 6.45) is 5.46. The Morgan fingerprint density at radius 3 is 0.987 bits per heavy atom. The van der Waals surface area contributed by atoms with Crippen LogP contribution in [0.5, 0.6) is 0 Å². The zero-order valence-corrected chi connectivity index (χ0v) is 40.5. The summed E-state index contributed by atoms with van der Waals surface area (Å²) in [6, 6.07) is 2.50. The highest BCUT2D eigenvalue weighted by Gasteiger charge is 2.68. The first-order valence-electron chi connectivity index (χ1n) is 22.6. The third-order valence-corrected chi connectivity index (χ3v) is 25.1. The molecule has 0 amide bonds. The Morgan fingerprint density at radius 2 is 0.707 bits per heavy atom. The molecular weight excluding hydrogens is 1090 g/mol. The van der Waals surface area contributed by atoms with Gasteiger partial charge in [0.25, 0.3) is 0 Å².